The van der Waals surface area contributed by atoms with E-state index in [-0.39, 0.29) is 0 Å². The molecule has 1 unspecified atom stereocenters. The molecule has 0 aromatic carbocycles. The van der Waals surface area contributed by atoms with E-state index in [2.05, 4.69) is 42.4 Å². The van der Waals surface area contributed by atoms with Crippen molar-refractivity contribution in [3.8, 4) is 0 Å². The van der Waals surface area contributed by atoms with Crippen LogP contribution in [0.5, 0.6) is 0 Å². The van der Waals surface area contributed by atoms with Crippen LogP contribution < -0.4 is 10.2 Å². The molecule has 1 aromatic rings. The summed E-state index contributed by atoms with van der Waals surface area (Å²) in [5.41, 5.74) is 1.14. The third-order valence-corrected chi connectivity index (χ3v) is 4.48. The number of nitrogens with one attached hydrogen (secondary N) is 1. The summed E-state index contributed by atoms with van der Waals surface area (Å²) < 4.78 is 0. The van der Waals surface area contributed by atoms with Gasteiger partial charge in [-0.3, -0.25) is 0 Å². The largest absolute Gasteiger partial charge is 0.356 e. The molecule has 100 valence electrons. The number of thioether (sulfide) groups is 1. The lowest BCUT2D eigenvalue weighted by molar-refractivity contribution is 0.656. The average Bonchev–Trinajstić information content (AvgIpc) is 2.92. The van der Waals surface area contributed by atoms with Gasteiger partial charge in [0, 0.05) is 25.4 Å². The van der Waals surface area contributed by atoms with Crippen LogP contribution in [0.15, 0.2) is 18.2 Å². The Morgan fingerprint density at radius 1 is 1.50 bits per heavy atom. The van der Waals surface area contributed by atoms with Crippen LogP contribution in [0.25, 0.3) is 0 Å². The topological polar surface area (TPSA) is 28.2 Å². The molecule has 0 aliphatic carbocycles. The summed E-state index contributed by atoms with van der Waals surface area (Å²) in [6.45, 7) is 4.11. The van der Waals surface area contributed by atoms with Gasteiger partial charge < -0.3 is 10.2 Å². The zero-order valence-corrected chi connectivity index (χ0v) is 12.2. The lowest BCUT2D eigenvalue weighted by atomic mass is 10.2. The fraction of sp³-hybridized carbons (Fsp3) is 0.643. The number of hydrogen-bond acceptors (Lipinski definition) is 4. The van der Waals surface area contributed by atoms with E-state index in [0.29, 0.717) is 6.04 Å². The van der Waals surface area contributed by atoms with E-state index < -0.39 is 0 Å². The average molecular weight is 265 g/mol. The van der Waals surface area contributed by atoms with E-state index in [1.54, 1.807) is 0 Å². The Hall–Kier alpha value is -0.740. The van der Waals surface area contributed by atoms with E-state index in [4.69, 9.17) is 4.98 Å². The molecule has 2 heterocycles. The van der Waals surface area contributed by atoms with Crippen LogP contribution in [-0.4, -0.2) is 36.1 Å². The molecule has 0 spiro atoms. The van der Waals surface area contributed by atoms with Crippen molar-refractivity contribution in [1.29, 1.82) is 0 Å². The first kappa shape index (κ1) is 13.7. The van der Waals surface area contributed by atoms with Crippen molar-refractivity contribution >= 4 is 17.6 Å². The first-order valence-electron chi connectivity index (χ1n) is 6.78. The molecule has 0 saturated carbocycles. The first-order valence-corrected chi connectivity index (χ1v) is 7.94. The van der Waals surface area contributed by atoms with E-state index in [1.165, 1.54) is 24.3 Å². The maximum Gasteiger partial charge on any atom is 0.128 e. The fourth-order valence-electron chi connectivity index (χ4n) is 2.17. The second-order valence-electron chi connectivity index (χ2n) is 4.79. The van der Waals surface area contributed by atoms with Crippen molar-refractivity contribution in [1.82, 2.24) is 10.3 Å². The first-order chi connectivity index (χ1) is 8.81. The minimum atomic E-state index is 0.654. The fourth-order valence-corrected chi connectivity index (χ4v) is 3.44. The van der Waals surface area contributed by atoms with Crippen molar-refractivity contribution < 1.29 is 0 Å². The van der Waals surface area contributed by atoms with Crippen LogP contribution in [0.3, 0.4) is 0 Å². The van der Waals surface area contributed by atoms with Crippen molar-refractivity contribution in [2.45, 2.75) is 32.4 Å². The number of hydrogen-bond donors (Lipinski definition) is 1. The minimum Gasteiger partial charge on any atom is -0.356 e. The number of anilines is 1. The van der Waals surface area contributed by atoms with Gasteiger partial charge in [-0.1, -0.05) is 13.0 Å². The molecule has 0 bridgehead atoms. The highest BCUT2D eigenvalue weighted by molar-refractivity contribution is 7.99. The quantitative estimate of drug-likeness (QED) is 0.800. The lowest BCUT2D eigenvalue weighted by Crippen LogP contribution is -2.32. The van der Waals surface area contributed by atoms with Gasteiger partial charge in [0.05, 0.1) is 5.69 Å². The Balaban J connectivity index is 1.97. The molecule has 1 fully saturated rings. The standard InChI is InChI=1S/C14H23N3S/c1-3-8-15-10-12-5-4-6-14(16-12)17(2)13-7-9-18-11-13/h4-6,13,15H,3,7-11H2,1-2H3. The molecular formula is C14H23N3S. The van der Waals surface area contributed by atoms with Gasteiger partial charge in [0.15, 0.2) is 0 Å². The third-order valence-electron chi connectivity index (χ3n) is 3.34. The second kappa shape index (κ2) is 7.00. The molecule has 0 amide bonds. The van der Waals surface area contributed by atoms with Gasteiger partial charge in [-0.25, -0.2) is 4.98 Å². The number of rotatable bonds is 6. The van der Waals surface area contributed by atoms with Crippen molar-refractivity contribution in [2.75, 3.05) is 30.0 Å². The second-order valence-corrected chi connectivity index (χ2v) is 5.94. The Labute approximate surface area is 114 Å². The molecule has 1 N–H and O–H groups in total. The molecule has 1 atom stereocenters. The highest BCUT2D eigenvalue weighted by Gasteiger charge is 2.20. The van der Waals surface area contributed by atoms with Crippen LogP contribution in [0.2, 0.25) is 0 Å². The van der Waals surface area contributed by atoms with E-state index in [0.717, 1.165) is 24.6 Å². The van der Waals surface area contributed by atoms with E-state index >= 15 is 0 Å². The molecule has 3 nitrogen and oxygen atoms in total. The number of aromatic nitrogens is 1. The normalized spacial score (nSPS) is 19.1. The zero-order chi connectivity index (χ0) is 12.8. The molecule has 2 rings (SSSR count). The highest BCUT2D eigenvalue weighted by Crippen LogP contribution is 2.24. The predicted octanol–water partition coefficient (Wildman–Crippen LogP) is 2.52. The van der Waals surface area contributed by atoms with Gasteiger partial charge in [-0.05, 0) is 37.3 Å². The van der Waals surface area contributed by atoms with Crippen LogP contribution in [0.1, 0.15) is 25.5 Å². The van der Waals surface area contributed by atoms with Crippen LogP contribution >= 0.6 is 11.8 Å². The Bertz CT molecular complexity index is 364. The van der Waals surface area contributed by atoms with E-state index in [1.807, 2.05) is 11.8 Å². The minimum absolute atomic E-state index is 0.654. The van der Waals surface area contributed by atoms with Gasteiger partial charge in [-0.15, -0.1) is 0 Å². The summed E-state index contributed by atoms with van der Waals surface area (Å²) in [6, 6.07) is 6.99. The SMILES string of the molecule is CCCNCc1cccc(N(C)C2CCSC2)n1. The summed E-state index contributed by atoms with van der Waals surface area (Å²) in [5.74, 6) is 3.63. The molecule has 18 heavy (non-hydrogen) atoms. The molecule has 1 aliphatic rings. The Kier molecular flexibility index (Phi) is 5.32. The van der Waals surface area contributed by atoms with Crippen LogP contribution in [-0.2, 0) is 6.54 Å². The third kappa shape index (κ3) is 3.62. The van der Waals surface area contributed by atoms with E-state index in [9.17, 15) is 0 Å². The Morgan fingerprint density at radius 3 is 3.11 bits per heavy atom. The summed E-state index contributed by atoms with van der Waals surface area (Å²) >= 11 is 2.04. The van der Waals surface area contributed by atoms with Crippen molar-refractivity contribution in [3.05, 3.63) is 23.9 Å². The summed E-state index contributed by atoms with van der Waals surface area (Å²) in [4.78, 5) is 7.08. The smallest absolute Gasteiger partial charge is 0.128 e. The van der Waals surface area contributed by atoms with Gasteiger partial charge in [0.2, 0.25) is 0 Å². The highest BCUT2D eigenvalue weighted by atomic mass is 32.2. The number of nitrogens with zero attached hydrogens (tertiary/aromatic N) is 2. The van der Waals surface area contributed by atoms with Gasteiger partial charge >= 0.3 is 0 Å². The molecular weight excluding hydrogens is 242 g/mol. The van der Waals surface area contributed by atoms with Gasteiger partial charge in [-0.2, -0.15) is 11.8 Å². The maximum atomic E-state index is 4.74. The molecule has 1 aliphatic heterocycles. The number of pyridine rings is 1. The van der Waals surface area contributed by atoms with Crippen molar-refractivity contribution in [3.63, 3.8) is 0 Å². The van der Waals surface area contributed by atoms with Crippen molar-refractivity contribution in [2.24, 2.45) is 0 Å². The molecule has 1 saturated heterocycles. The maximum absolute atomic E-state index is 4.74. The molecule has 0 radical (unpaired) electrons. The summed E-state index contributed by atoms with van der Waals surface area (Å²) in [5, 5.41) is 3.40. The van der Waals surface area contributed by atoms with Crippen LogP contribution in [0.4, 0.5) is 5.82 Å². The summed E-state index contributed by atoms with van der Waals surface area (Å²) in [6.07, 6.45) is 2.44. The monoisotopic (exact) mass is 265 g/mol. The zero-order valence-electron chi connectivity index (χ0n) is 11.4. The van der Waals surface area contributed by atoms with Gasteiger partial charge in [0.25, 0.3) is 0 Å². The Morgan fingerprint density at radius 2 is 2.39 bits per heavy atom. The molecule has 1 aromatic heterocycles. The van der Waals surface area contributed by atoms with Crippen LogP contribution in [0, 0.1) is 0 Å². The predicted molar refractivity (Wildman–Crippen MR) is 80.4 cm³/mol. The summed E-state index contributed by atoms with van der Waals surface area (Å²) in [7, 11) is 2.17. The molecule has 4 heteroatoms. The lowest BCUT2D eigenvalue weighted by Gasteiger charge is -2.25. The van der Waals surface area contributed by atoms with Gasteiger partial charge in [0.1, 0.15) is 5.82 Å².